The van der Waals surface area contributed by atoms with Gasteiger partial charge in [-0.25, -0.2) is 8.42 Å². The van der Waals surface area contributed by atoms with Crippen LogP contribution in [0.25, 0.3) is 10.8 Å². The molecule has 37 heavy (non-hydrogen) atoms. The van der Waals surface area contributed by atoms with Gasteiger partial charge in [-0.2, -0.15) is 4.72 Å². The lowest BCUT2D eigenvalue weighted by molar-refractivity contribution is -0.144. The summed E-state index contributed by atoms with van der Waals surface area (Å²) in [7, 11) is -3.93. The average Bonchev–Trinajstić information content (AvgIpc) is 3.27. The molecule has 0 aliphatic carbocycles. The molecule has 7 nitrogen and oxygen atoms in total. The molecule has 2 amide bonds. The number of amides is 2. The Morgan fingerprint density at radius 1 is 0.946 bits per heavy atom. The number of benzene rings is 3. The van der Waals surface area contributed by atoms with Crippen molar-refractivity contribution in [3.05, 3.63) is 77.3 Å². The Morgan fingerprint density at radius 3 is 2.35 bits per heavy atom. The van der Waals surface area contributed by atoms with Crippen LogP contribution in [-0.4, -0.2) is 61.7 Å². The third kappa shape index (κ3) is 5.37. The molecule has 2 aliphatic heterocycles. The van der Waals surface area contributed by atoms with E-state index in [9.17, 15) is 18.0 Å². The van der Waals surface area contributed by atoms with Gasteiger partial charge >= 0.3 is 0 Å². The number of hydrogen-bond donors (Lipinski definition) is 1. The number of sulfonamides is 1. The van der Waals surface area contributed by atoms with Gasteiger partial charge < -0.3 is 9.80 Å². The summed E-state index contributed by atoms with van der Waals surface area (Å²) < 4.78 is 28.7. The third-order valence-electron chi connectivity index (χ3n) is 7.52. The van der Waals surface area contributed by atoms with Crippen molar-refractivity contribution < 1.29 is 18.0 Å². The molecule has 9 heteroatoms. The highest BCUT2D eigenvalue weighted by Gasteiger charge is 2.40. The second-order valence-corrected chi connectivity index (χ2v) is 12.0. The number of piperidine rings is 1. The van der Waals surface area contributed by atoms with Crippen molar-refractivity contribution in [1.29, 1.82) is 0 Å². The van der Waals surface area contributed by atoms with Gasteiger partial charge in [0.25, 0.3) is 0 Å². The molecule has 0 unspecified atom stereocenters. The van der Waals surface area contributed by atoms with Gasteiger partial charge in [-0.3, -0.25) is 9.59 Å². The van der Waals surface area contributed by atoms with E-state index in [-0.39, 0.29) is 16.7 Å². The van der Waals surface area contributed by atoms with E-state index in [1.54, 1.807) is 37.3 Å². The zero-order valence-corrected chi connectivity index (χ0v) is 22.2. The van der Waals surface area contributed by atoms with Crippen LogP contribution in [0.1, 0.15) is 37.7 Å². The molecule has 2 fully saturated rings. The van der Waals surface area contributed by atoms with E-state index in [0.29, 0.717) is 37.0 Å². The van der Waals surface area contributed by atoms with Gasteiger partial charge in [0.05, 0.1) is 4.90 Å². The molecule has 0 aromatic heterocycles. The largest absolute Gasteiger partial charge is 0.341 e. The lowest BCUT2D eigenvalue weighted by atomic mass is 9.89. The first-order valence-corrected chi connectivity index (χ1v) is 14.4. The van der Waals surface area contributed by atoms with Gasteiger partial charge in [-0.15, -0.1) is 0 Å². The monoisotopic (exact) mass is 539 g/mol. The molecular weight excluding hydrogens is 510 g/mol. The second-order valence-electron chi connectivity index (χ2n) is 9.83. The molecular formula is C28H30ClN3O4S. The summed E-state index contributed by atoms with van der Waals surface area (Å²) in [5.74, 6) is -0.0208. The number of fused-ring (bicyclic) bond motifs is 1. The SMILES string of the molecule is C[C@@H](C(=O)N1CCC(c2ccccc2)CC1)N1CC[C@H](NS(=O)(=O)c2ccc3cc(Cl)ccc3c2)C1=O. The minimum atomic E-state index is -3.93. The van der Waals surface area contributed by atoms with E-state index < -0.39 is 22.1 Å². The number of rotatable bonds is 6. The molecule has 2 saturated heterocycles. The predicted molar refractivity (Wildman–Crippen MR) is 144 cm³/mol. The molecule has 0 radical (unpaired) electrons. The summed E-state index contributed by atoms with van der Waals surface area (Å²) in [6.45, 7) is 3.35. The Labute approximate surface area is 222 Å². The maximum Gasteiger partial charge on any atom is 0.245 e. The van der Waals surface area contributed by atoms with Crippen LogP contribution in [0.3, 0.4) is 0 Å². The van der Waals surface area contributed by atoms with Crippen LogP contribution in [-0.2, 0) is 19.6 Å². The summed E-state index contributed by atoms with van der Waals surface area (Å²) in [6, 6.07) is 18.8. The predicted octanol–water partition coefficient (Wildman–Crippen LogP) is 4.17. The highest BCUT2D eigenvalue weighted by atomic mass is 35.5. The van der Waals surface area contributed by atoms with Gasteiger partial charge in [0.15, 0.2) is 0 Å². The van der Waals surface area contributed by atoms with Gasteiger partial charge in [-0.1, -0.05) is 54.1 Å². The lowest BCUT2D eigenvalue weighted by Gasteiger charge is -2.35. The van der Waals surface area contributed by atoms with E-state index in [1.165, 1.54) is 16.5 Å². The van der Waals surface area contributed by atoms with E-state index in [4.69, 9.17) is 11.6 Å². The molecule has 2 aliphatic rings. The van der Waals surface area contributed by atoms with Gasteiger partial charge in [0.2, 0.25) is 21.8 Å². The normalized spacial score (nSPS) is 19.9. The fourth-order valence-corrected chi connectivity index (χ4v) is 6.81. The molecule has 2 atom stereocenters. The molecule has 2 heterocycles. The molecule has 5 rings (SSSR count). The average molecular weight is 540 g/mol. The smallest absolute Gasteiger partial charge is 0.245 e. The summed E-state index contributed by atoms with van der Waals surface area (Å²) in [5, 5.41) is 2.14. The summed E-state index contributed by atoms with van der Waals surface area (Å²) in [6.07, 6.45) is 2.09. The van der Waals surface area contributed by atoms with E-state index in [1.807, 2.05) is 23.1 Å². The highest BCUT2D eigenvalue weighted by Crippen LogP contribution is 2.29. The van der Waals surface area contributed by atoms with Crippen LogP contribution >= 0.6 is 11.6 Å². The Bertz CT molecular complexity index is 1420. The number of halogens is 1. The minimum absolute atomic E-state index is 0.0824. The van der Waals surface area contributed by atoms with Crippen LogP contribution in [0.4, 0.5) is 0 Å². The molecule has 194 valence electrons. The van der Waals surface area contributed by atoms with Crippen molar-refractivity contribution in [2.75, 3.05) is 19.6 Å². The van der Waals surface area contributed by atoms with E-state index >= 15 is 0 Å². The highest BCUT2D eigenvalue weighted by molar-refractivity contribution is 7.89. The van der Waals surface area contributed by atoms with Crippen molar-refractivity contribution in [3.8, 4) is 0 Å². The number of carbonyl (C=O) groups is 2. The zero-order chi connectivity index (χ0) is 26.2. The van der Waals surface area contributed by atoms with Crippen molar-refractivity contribution in [3.63, 3.8) is 0 Å². The number of likely N-dealkylation sites (tertiary alicyclic amines) is 2. The van der Waals surface area contributed by atoms with Crippen LogP contribution in [0.2, 0.25) is 5.02 Å². The first kappa shape index (κ1) is 25.7. The van der Waals surface area contributed by atoms with Crippen LogP contribution in [0.5, 0.6) is 0 Å². The number of carbonyl (C=O) groups excluding carboxylic acids is 2. The molecule has 0 saturated carbocycles. The quantitative estimate of drug-likeness (QED) is 0.509. The first-order valence-electron chi connectivity index (χ1n) is 12.6. The third-order valence-corrected chi connectivity index (χ3v) is 9.23. The summed E-state index contributed by atoms with van der Waals surface area (Å²) >= 11 is 6.02. The number of nitrogens with zero attached hydrogens (tertiary/aromatic N) is 2. The molecule has 3 aromatic carbocycles. The Morgan fingerprint density at radius 2 is 1.62 bits per heavy atom. The van der Waals surface area contributed by atoms with Crippen molar-refractivity contribution in [1.82, 2.24) is 14.5 Å². The minimum Gasteiger partial charge on any atom is -0.341 e. The molecule has 1 N–H and O–H groups in total. The topological polar surface area (TPSA) is 86.8 Å². The maximum atomic E-state index is 13.2. The lowest BCUT2D eigenvalue weighted by Crippen LogP contribution is -2.51. The van der Waals surface area contributed by atoms with Gasteiger partial charge in [0, 0.05) is 24.7 Å². The standard InChI is InChI=1S/C28H30ClN3O4S/c1-19(27(33)31-14-11-21(12-15-31)20-5-3-2-4-6-20)32-16-13-26(28(32)34)30-37(35,36)25-10-8-22-17-24(29)9-7-23(22)18-25/h2-10,17-19,21,26,30H,11-16H2,1H3/t19-,26-/m0/s1. The Balaban J connectivity index is 1.21. The van der Waals surface area contributed by atoms with Crippen LogP contribution in [0.15, 0.2) is 71.6 Å². The van der Waals surface area contributed by atoms with Crippen molar-refractivity contribution >= 4 is 44.2 Å². The second kappa shape index (κ2) is 10.4. The first-order chi connectivity index (χ1) is 17.7. The Hall–Kier alpha value is -2.94. The maximum absolute atomic E-state index is 13.2. The van der Waals surface area contributed by atoms with Crippen LogP contribution < -0.4 is 4.72 Å². The fraction of sp³-hybridized carbons (Fsp3) is 0.357. The number of nitrogens with one attached hydrogen (secondary N) is 1. The summed E-state index contributed by atoms with van der Waals surface area (Å²) in [5.41, 5.74) is 1.29. The molecule has 0 bridgehead atoms. The molecule has 0 spiro atoms. The van der Waals surface area contributed by atoms with Gasteiger partial charge in [0.1, 0.15) is 12.1 Å². The van der Waals surface area contributed by atoms with Crippen LogP contribution in [0, 0.1) is 0 Å². The fourth-order valence-electron chi connectivity index (χ4n) is 5.37. The van der Waals surface area contributed by atoms with Crippen molar-refractivity contribution in [2.45, 2.75) is 49.1 Å². The van der Waals surface area contributed by atoms with E-state index in [0.717, 1.165) is 23.6 Å². The zero-order valence-electron chi connectivity index (χ0n) is 20.6. The summed E-state index contributed by atoms with van der Waals surface area (Å²) in [4.78, 5) is 29.8. The van der Waals surface area contributed by atoms with Gasteiger partial charge in [-0.05, 0) is 72.7 Å². The number of hydrogen-bond acceptors (Lipinski definition) is 4. The van der Waals surface area contributed by atoms with E-state index in [2.05, 4.69) is 16.9 Å². The molecule has 3 aromatic rings. The Kier molecular flexibility index (Phi) is 7.25. The van der Waals surface area contributed by atoms with Crippen molar-refractivity contribution in [2.24, 2.45) is 0 Å².